The molecule has 0 amide bonds. The van der Waals surface area contributed by atoms with Crippen molar-refractivity contribution in [2.45, 2.75) is 45.6 Å². The van der Waals surface area contributed by atoms with E-state index in [1.165, 1.54) is 12.8 Å². The van der Waals surface area contributed by atoms with Gasteiger partial charge in [-0.25, -0.2) is 0 Å². The lowest BCUT2D eigenvalue weighted by Crippen LogP contribution is -2.47. The highest BCUT2D eigenvalue weighted by molar-refractivity contribution is 5.87. The highest BCUT2D eigenvalue weighted by Gasteiger charge is 2.31. The van der Waals surface area contributed by atoms with Gasteiger partial charge in [0.25, 0.3) is 0 Å². The van der Waals surface area contributed by atoms with Crippen molar-refractivity contribution in [3.8, 4) is 0 Å². The molecule has 0 bridgehead atoms. The van der Waals surface area contributed by atoms with Gasteiger partial charge in [-0.15, -0.1) is 0 Å². The Morgan fingerprint density at radius 2 is 2.06 bits per heavy atom. The molecule has 1 aliphatic carbocycles. The van der Waals surface area contributed by atoms with Gasteiger partial charge in [0.1, 0.15) is 0 Å². The maximum absolute atomic E-state index is 9.24. The zero-order valence-corrected chi connectivity index (χ0v) is 11.6. The van der Waals surface area contributed by atoms with E-state index in [2.05, 4.69) is 23.9 Å². The minimum absolute atomic E-state index is 0.493. The predicted molar refractivity (Wildman–Crippen MR) is 72.2 cm³/mol. The summed E-state index contributed by atoms with van der Waals surface area (Å²) in [6, 6.07) is 0.559. The van der Waals surface area contributed by atoms with E-state index in [1.54, 1.807) is 0 Å². The summed E-state index contributed by atoms with van der Waals surface area (Å²) >= 11 is 0. The molecule has 0 spiro atoms. The van der Waals surface area contributed by atoms with Gasteiger partial charge in [-0.05, 0) is 25.2 Å². The Morgan fingerprint density at radius 3 is 2.67 bits per heavy atom. The normalized spacial score (nSPS) is 33.2. The van der Waals surface area contributed by atoms with Gasteiger partial charge in [0.15, 0.2) is 0 Å². The number of nitrogens with zero attached hydrogens (tertiary/aromatic N) is 2. The second kappa shape index (κ2) is 6.53. The summed E-state index contributed by atoms with van der Waals surface area (Å²) in [5.74, 6) is 1.17. The molecule has 2 atom stereocenters. The highest BCUT2D eigenvalue weighted by atomic mass is 16.5. The van der Waals surface area contributed by atoms with Crippen molar-refractivity contribution < 1.29 is 9.94 Å². The third kappa shape index (κ3) is 3.45. The summed E-state index contributed by atoms with van der Waals surface area (Å²) < 4.78 is 5.40. The molecule has 2 aliphatic rings. The Labute approximate surface area is 110 Å². The van der Waals surface area contributed by atoms with Gasteiger partial charge in [-0.1, -0.05) is 19.0 Å². The first-order valence-electron chi connectivity index (χ1n) is 7.23. The monoisotopic (exact) mass is 254 g/mol. The third-order valence-electron chi connectivity index (χ3n) is 4.21. The molecule has 0 radical (unpaired) electrons. The Bertz CT molecular complexity index is 286. The Balaban J connectivity index is 1.91. The molecule has 104 valence electrons. The first-order valence-corrected chi connectivity index (χ1v) is 7.23. The molecular formula is C14H26N2O2. The number of hydrogen-bond acceptors (Lipinski definition) is 4. The maximum atomic E-state index is 9.24. The predicted octanol–water partition coefficient (Wildman–Crippen LogP) is 2.36. The van der Waals surface area contributed by atoms with Crippen LogP contribution in [0.4, 0.5) is 0 Å². The van der Waals surface area contributed by atoms with E-state index in [4.69, 9.17) is 4.74 Å². The second-order valence-electron chi connectivity index (χ2n) is 6.00. The number of ether oxygens (including phenoxy) is 1. The van der Waals surface area contributed by atoms with Crippen molar-refractivity contribution in [1.29, 1.82) is 0 Å². The molecule has 0 aromatic rings. The van der Waals surface area contributed by atoms with Gasteiger partial charge in [-0.3, -0.25) is 4.90 Å². The highest BCUT2D eigenvalue weighted by Crippen LogP contribution is 2.30. The van der Waals surface area contributed by atoms with Crippen LogP contribution in [0.15, 0.2) is 5.16 Å². The van der Waals surface area contributed by atoms with E-state index < -0.39 is 0 Å². The Kier molecular flexibility index (Phi) is 5.01. The second-order valence-corrected chi connectivity index (χ2v) is 6.00. The summed E-state index contributed by atoms with van der Waals surface area (Å²) in [6.07, 6.45) is 4.49. The molecule has 4 heteroatoms. The fourth-order valence-corrected chi connectivity index (χ4v) is 3.27. The summed E-state index contributed by atoms with van der Waals surface area (Å²) in [5, 5.41) is 12.8. The fraction of sp³-hybridized carbons (Fsp3) is 0.929. The average Bonchev–Trinajstić information content (AvgIpc) is 2.39. The lowest BCUT2D eigenvalue weighted by molar-refractivity contribution is 0.0129. The minimum atomic E-state index is 0.493. The lowest BCUT2D eigenvalue weighted by Gasteiger charge is -2.39. The fourth-order valence-electron chi connectivity index (χ4n) is 3.27. The zero-order valence-electron chi connectivity index (χ0n) is 11.6. The van der Waals surface area contributed by atoms with Crippen LogP contribution in [0.25, 0.3) is 0 Å². The lowest BCUT2D eigenvalue weighted by atomic mass is 9.79. The van der Waals surface area contributed by atoms with Crippen LogP contribution in [-0.2, 0) is 4.74 Å². The number of rotatable bonds is 3. The molecule has 1 heterocycles. The van der Waals surface area contributed by atoms with Crippen molar-refractivity contribution >= 4 is 5.71 Å². The summed E-state index contributed by atoms with van der Waals surface area (Å²) in [6.45, 7) is 8.22. The molecule has 0 aromatic carbocycles. The van der Waals surface area contributed by atoms with E-state index in [1.807, 2.05) is 0 Å². The number of morpholine rings is 1. The average molecular weight is 254 g/mol. The van der Waals surface area contributed by atoms with E-state index in [9.17, 15) is 5.21 Å². The van der Waals surface area contributed by atoms with Crippen LogP contribution in [0.5, 0.6) is 0 Å². The van der Waals surface area contributed by atoms with Crippen LogP contribution in [0.2, 0.25) is 0 Å². The summed E-state index contributed by atoms with van der Waals surface area (Å²) in [7, 11) is 0. The van der Waals surface area contributed by atoms with Crippen molar-refractivity contribution in [2.24, 2.45) is 17.0 Å². The molecular weight excluding hydrogens is 228 g/mol. The smallest absolute Gasteiger partial charge is 0.0617 e. The molecule has 2 rings (SSSR count). The van der Waals surface area contributed by atoms with Crippen LogP contribution < -0.4 is 0 Å². The van der Waals surface area contributed by atoms with Crippen molar-refractivity contribution in [1.82, 2.24) is 4.90 Å². The van der Waals surface area contributed by atoms with Crippen LogP contribution in [-0.4, -0.2) is 48.2 Å². The summed E-state index contributed by atoms with van der Waals surface area (Å²) in [4.78, 5) is 2.50. The molecule has 1 saturated carbocycles. The quantitative estimate of drug-likeness (QED) is 0.621. The topological polar surface area (TPSA) is 45.1 Å². The molecule has 1 saturated heterocycles. The van der Waals surface area contributed by atoms with E-state index in [0.29, 0.717) is 17.9 Å². The minimum Gasteiger partial charge on any atom is -0.411 e. The standard InChI is InChI=1S/C14H26N2O2/c1-11(2)9-12-3-4-13(10-14(12)15-17)16-5-7-18-8-6-16/h11-13,17H,3-10H2,1-2H3/b15-14+. The van der Waals surface area contributed by atoms with Crippen molar-refractivity contribution in [3.05, 3.63) is 0 Å². The van der Waals surface area contributed by atoms with Gasteiger partial charge in [0, 0.05) is 31.5 Å². The third-order valence-corrected chi connectivity index (χ3v) is 4.21. The molecule has 1 N–H and O–H groups in total. The molecule has 4 nitrogen and oxygen atoms in total. The SMILES string of the molecule is CC(C)CC1CCC(N2CCOCC2)C/C1=N\O. The molecule has 18 heavy (non-hydrogen) atoms. The molecule has 2 unspecified atom stereocenters. The van der Waals surface area contributed by atoms with E-state index in [0.717, 1.165) is 44.9 Å². The maximum Gasteiger partial charge on any atom is 0.0617 e. The molecule has 0 aromatic heterocycles. The van der Waals surface area contributed by atoms with Gasteiger partial charge >= 0.3 is 0 Å². The molecule has 2 fully saturated rings. The summed E-state index contributed by atoms with van der Waals surface area (Å²) in [5.41, 5.74) is 1.02. The van der Waals surface area contributed by atoms with E-state index >= 15 is 0 Å². The van der Waals surface area contributed by atoms with Crippen LogP contribution in [0.3, 0.4) is 0 Å². The van der Waals surface area contributed by atoms with Gasteiger partial charge in [0.2, 0.25) is 0 Å². The van der Waals surface area contributed by atoms with Crippen LogP contribution in [0.1, 0.15) is 39.5 Å². The first-order chi connectivity index (χ1) is 8.70. The van der Waals surface area contributed by atoms with Gasteiger partial charge in [0.05, 0.1) is 18.9 Å². The van der Waals surface area contributed by atoms with Crippen molar-refractivity contribution in [3.63, 3.8) is 0 Å². The first kappa shape index (κ1) is 13.8. The number of hydrogen-bond donors (Lipinski definition) is 1. The van der Waals surface area contributed by atoms with Gasteiger partial charge in [-0.2, -0.15) is 0 Å². The Hall–Kier alpha value is -0.610. The van der Waals surface area contributed by atoms with E-state index in [-0.39, 0.29) is 0 Å². The largest absolute Gasteiger partial charge is 0.411 e. The zero-order chi connectivity index (χ0) is 13.0. The van der Waals surface area contributed by atoms with Crippen LogP contribution in [0, 0.1) is 11.8 Å². The molecule has 1 aliphatic heterocycles. The van der Waals surface area contributed by atoms with Crippen molar-refractivity contribution in [2.75, 3.05) is 26.3 Å². The van der Waals surface area contributed by atoms with Gasteiger partial charge < -0.3 is 9.94 Å². The Morgan fingerprint density at radius 1 is 1.33 bits per heavy atom. The van der Waals surface area contributed by atoms with Crippen LogP contribution >= 0.6 is 0 Å². The number of oxime groups is 1.